The molecule has 0 aliphatic heterocycles. The van der Waals surface area contributed by atoms with Crippen molar-refractivity contribution in [2.24, 2.45) is 5.41 Å². The zero-order valence-corrected chi connectivity index (χ0v) is 13.9. The molecular weight excluding hydrogens is 288 g/mol. The summed E-state index contributed by atoms with van der Waals surface area (Å²) >= 11 is 0. The number of esters is 1. The maximum atomic E-state index is 11.8. The molecule has 0 spiro atoms. The number of hydrogen-bond donors (Lipinski definition) is 0. The van der Waals surface area contributed by atoms with Crippen LogP contribution in [-0.4, -0.2) is 22.5 Å². The largest absolute Gasteiger partial charge is 0.466 e. The van der Waals surface area contributed by atoms with Crippen LogP contribution < -0.4 is 0 Å². The van der Waals surface area contributed by atoms with Crippen LogP contribution in [0.1, 0.15) is 57.4 Å². The van der Waals surface area contributed by atoms with E-state index in [0.717, 1.165) is 36.6 Å². The standard InChI is InChI=1S/C19H24N2O2/c1-3-23-18(22)12-19(2)8-4-14(5-9-19)15-6-11-21-17-7-10-20-13-16(15)17/h6-7,10-11,13-14H,3-5,8-9,12H2,1-2H3/t14-,19+. The first-order valence-electron chi connectivity index (χ1n) is 8.45. The van der Waals surface area contributed by atoms with Crippen molar-refractivity contribution < 1.29 is 9.53 Å². The van der Waals surface area contributed by atoms with Gasteiger partial charge in [0.2, 0.25) is 0 Å². The Labute approximate surface area is 137 Å². The van der Waals surface area contributed by atoms with Crippen molar-refractivity contribution in [3.05, 3.63) is 36.3 Å². The van der Waals surface area contributed by atoms with Gasteiger partial charge < -0.3 is 4.74 Å². The minimum atomic E-state index is -0.0630. The first-order chi connectivity index (χ1) is 11.1. The van der Waals surface area contributed by atoms with E-state index in [9.17, 15) is 4.79 Å². The minimum absolute atomic E-state index is 0.0630. The van der Waals surface area contributed by atoms with Crippen molar-refractivity contribution in [1.82, 2.24) is 9.97 Å². The Bertz CT molecular complexity index is 685. The fraction of sp³-hybridized carbons (Fsp3) is 0.526. The van der Waals surface area contributed by atoms with Gasteiger partial charge in [-0.2, -0.15) is 0 Å². The quantitative estimate of drug-likeness (QED) is 0.792. The molecule has 2 heterocycles. The number of carbonyl (C=O) groups excluding carboxylic acids is 1. The highest BCUT2D eigenvalue weighted by atomic mass is 16.5. The fourth-order valence-corrected chi connectivity index (χ4v) is 3.73. The molecule has 1 saturated carbocycles. The minimum Gasteiger partial charge on any atom is -0.466 e. The topological polar surface area (TPSA) is 52.1 Å². The number of ether oxygens (including phenoxy) is 1. The number of fused-ring (bicyclic) bond motifs is 1. The predicted octanol–water partition coefficient (Wildman–Crippen LogP) is 4.25. The number of hydrogen-bond acceptors (Lipinski definition) is 4. The number of rotatable bonds is 4. The van der Waals surface area contributed by atoms with E-state index < -0.39 is 0 Å². The van der Waals surface area contributed by atoms with E-state index in [0.29, 0.717) is 18.9 Å². The summed E-state index contributed by atoms with van der Waals surface area (Å²) in [6.45, 7) is 4.54. The average molecular weight is 312 g/mol. The highest BCUT2D eigenvalue weighted by molar-refractivity contribution is 5.81. The summed E-state index contributed by atoms with van der Waals surface area (Å²) in [5.74, 6) is 0.465. The van der Waals surface area contributed by atoms with Gasteiger partial charge in [-0.1, -0.05) is 6.92 Å². The van der Waals surface area contributed by atoms with E-state index in [-0.39, 0.29) is 11.4 Å². The van der Waals surface area contributed by atoms with E-state index in [1.807, 2.05) is 25.4 Å². The monoisotopic (exact) mass is 312 g/mol. The zero-order chi connectivity index (χ0) is 16.3. The molecule has 0 amide bonds. The van der Waals surface area contributed by atoms with Crippen LogP contribution in [0, 0.1) is 5.41 Å². The van der Waals surface area contributed by atoms with Gasteiger partial charge in [-0.25, -0.2) is 0 Å². The molecule has 0 bridgehead atoms. The molecule has 2 aromatic rings. The summed E-state index contributed by atoms with van der Waals surface area (Å²) in [7, 11) is 0. The molecule has 1 aliphatic carbocycles. The smallest absolute Gasteiger partial charge is 0.306 e. The molecule has 0 saturated heterocycles. The number of nitrogens with zero attached hydrogens (tertiary/aromatic N) is 2. The highest BCUT2D eigenvalue weighted by Crippen LogP contribution is 2.45. The van der Waals surface area contributed by atoms with Gasteiger partial charge >= 0.3 is 5.97 Å². The van der Waals surface area contributed by atoms with Gasteiger partial charge in [-0.15, -0.1) is 0 Å². The molecule has 4 nitrogen and oxygen atoms in total. The summed E-state index contributed by atoms with van der Waals surface area (Å²) in [5, 5.41) is 1.16. The second-order valence-electron chi connectivity index (χ2n) is 6.86. The Hall–Kier alpha value is -1.97. The lowest BCUT2D eigenvalue weighted by atomic mass is 9.68. The number of carbonyl (C=O) groups is 1. The maximum Gasteiger partial charge on any atom is 0.306 e. The van der Waals surface area contributed by atoms with Gasteiger partial charge in [0, 0.05) is 24.0 Å². The van der Waals surface area contributed by atoms with Crippen LogP contribution in [0.3, 0.4) is 0 Å². The van der Waals surface area contributed by atoms with Crippen molar-refractivity contribution in [3.8, 4) is 0 Å². The third kappa shape index (κ3) is 3.52. The van der Waals surface area contributed by atoms with Gasteiger partial charge in [0.05, 0.1) is 18.5 Å². The lowest BCUT2D eigenvalue weighted by Gasteiger charge is -2.37. The Morgan fingerprint density at radius 1 is 1.30 bits per heavy atom. The fourth-order valence-electron chi connectivity index (χ4n) is 3.73. The maximum absolute atomic E-state index is 11.8. The third-order valence-electron chi connectivity index (χ3n) is 5.09. The number of aromatic nitrogens is 2. The Morgan fingerprint density at radius 2 is 2.09 bits per heavy atom. The normalized spacial score (nSPS) is 24.5. The average Bonchev–Trinajstić information content (AvgIpc) is 2.55. The summed E-state index contributed by atoms with van der Waals surface area (Å²) < 4.78 is 5.12. The molecule has 3 rings (SSSR count). The van der Waals surface area contributed by atoms with E-state index in [4.69, 9.17) is 4.74 Å². The van der Waals surface area contributed by atoms with Gasteiger partial charge in [0.25, 0.3) is 0 Å². The van der Waals surface area contributed by atoms with Crippen molar-refractivity contribution in [3.63, 3.8) is 0 Å². The van der Waals surface area contributed by atoms with Crippen molar-refractivity contribution in [2.45, 2.75) is 51.9 Å². The summed E-state index contributed by atoms with van der Waals surface area (Å²) in [5.41, 5.74) is 2.43. The van der Waals surface area contributed by atoms with Crippen molar-refractivity contribution in [2.75, 3.05) is 6.61 Å². The molecule has 1 aliphatic rings. The summed E-state index contributed by atoms with van der Waals surface area (Å²) in [6, 6.07) is 4.09. The van der Waals surface area contributed by atoms with E-state index in [1.54, 1.807) is 6.20 Å². The van der Waals surface area contributed by atoms with Crippen LogP contribution in [-0.2, 0) is 9.53 Å². The van der Waals surface area contributed by atoms with Gasteiger partial charge in [-0.3, -0.25) is 14.8 Å². The second-order valence-corrected chi connectivity index (χ2v) is 6.86. The van der Waals surface area contributed by atoms with E-state index in [1.165, 1.54) is 5.56 Å². The Morgan fingerprint density at radius 3 is 2.83 bits per heavy atom. The molecule has 0 atom stereocenters. The molecule has 0 N–H and O–H groups in total. The molecule has 0 unspecified atom stereocenters. The molecule has 2 aromatic heterocycles. The van der Waals surface area contributed by atoms with E-state index in [2.05, 4.69) is 23.0 Å². The van der Waals surface area contributed by atoms with Crippen LogP contribution in [0.2, 0.25) is 0 Å². The lowest BCUT2D eigenvalue weighted by molar-refractivity contribution is -0.146. The summed E-state index contributed by atoms with van der Waals surface area (Å²) in [6.07, 6.45) is 10.5. The Kier molecular flexibility index (Phi) is 4.60. The van der Waals surface area contributed by atoms with Crippen LogP contribution in [0.5, 0.6) is 0 Å². The van der Waals surface area contributed by atoms with Crippen molar-refractivity contribution >= 4 is 16.9 Å². The lowest BCUT2D eigenvalue weighted by Crippen LogP contribution is -2.27. The van der Waals surface area contributed by atoms with Crippen LogP contribution in [0.25, 0.3) is 10.9 Å². The molecule has 122 valence electrons. The molecule has 0 aromatic carbocycles. The van der Waals surface area contributed by atoms with Crippen LogP contribution in [0.4, 0.5) is 0 Å². The first-order valence-corrected chi connectivity index (χ1v) is 8.45. The van der Waals surface area contributed by atoms with Gasteiger partial charge in [0.1, 0.15) is 0 Å². The van der Waals surface area contributed by atoms with Gasteiger partial charge in [0.15, 0.2) is 0 Å². The molecule has 1 fully saturated rings. The Balaban J connectivity index is 1.72. The molecular formula is C19H24N2O2. The first kappa shape index (κ1) is 15.9. The van der Waals surface area contributed by atoms with Crippen molar-refractivity contribution in [1.29, 1.82) is 0 Å². The van der Waals surface area contributed by atoms with E-state index >= 15 is 0 Å². The molecule has 4 heteroatoms. The van der Waals surface area contributed by atoms with Crippen LogP contribution in [0.15, 0.2) is 30.7 Å². The SMILES string of the molecule is CCOC(=O)C[C@]1(C)CC[C@H](c2ccnc3ccncc32)CC1. The summed E-state index contributed by atoms with van der Waals surface area (Å²) in [4.78, 5) is 20.5. The van der Waals surface area contributed by atoms with Crippen LogP contribution >= 0.6 is 0 Å². The molecule has 23 heavy (non-hydrogen) atoms. The third-order valence-corrected chi connectivity index (χ3v) is 5.09. The second kappa shape index (κ2) is 6.65. The highest BCUT2D eigenvalue weighted by Gasteiger charge is 2.34. The molecule has 0 radical (unpaired) electrons. The zero-order valence-electron chi connectivity index (χ0n) is 13.9. The number of pyridine rings is 2. The van der Waals surface area contributed by atoms with Gasteiger partial charge in [-0.05, 0) is 61.6 Å². The predicted molar refractivity (Wildman–Crippen MR) is 90.1 cm³/mol.